The first-order valence-corrected chi connectivity index (χ1v) is 29.2. The number of benzene rings is 1. The first-order chi connectivity index (χ1) is 43.1. The molecule has 2 aliphatic rings. The molecule has 2 saturated carbocycles. The van der Waals surface area contributed by atoms with Crippen LogP contribution in [0.3, 0.4) is 0 Å². The molecule has 27 nitrogen and oxygen atoms in total. The lowest BCUT2D eigenvalue weighted by Gasteiger charge is -2.00. The number of rotatable bonds is 8. The number of pyridine rings is 4. The number of H-pyrrole nitrogens is 1. The summed E-state index contributed by atoms with van der Waals surface area (Å²) in [7, 11) is 0. The largest absolute Gasteiger partial charge is 0.309 e. The van der Waals surface area contributed by atoms with E-state index in [1.807, 2.05) is 79.1 Å². The van der Waals surface area contributed by atoms with Crippen molar-refractivity contribution in [2.24, 2.45) is 29.4 Å². The summed E-state index contributed by atoms with van der Waals surface area (Å²) in [5.41, 5.74) is 10.7. The number of nitrogens with zero attached hydrogens (tertiary/aromatic N) is 18. The van der Waals surface area contributed by atoms with Gasteiger partial charge in [0.25, 0.3) is 0 Å². The Labute approximate surface area is 539 Å². The summed E-state index contributed by atoms with van der Waals surface area (Å²) >= 11 is 15.0. The number of fused-ring (bicyclic) bond motifs is 4. The molecule has 0 saturated heterocycles. The van der Waals surface area contributed by atoms with Crippen molar-refractivity contribution in [3.05, 3.63) is 195 Å². The van der Waals surface area contributed by atoms with Crippen LogP contribution in [0.2, 0.25) is 5.15 Å². The van der Waals surface area contributed by atoms with E-state index in [-0.39, 0.29) is 23.7 Å². The lowest BCUT2D eigenvalue weighted by Crippen LogP contribution is -2.13. The second kappa shape index (κ2) is 34.6. The Morgan fingerprint density at radius 1 is 0.685 bits per heavy atom. The summed E-state index contributed by atoms with van der Waals surface area (Å²) in [5, 5.41) is 75.6. The number of aromatic nitrogens is 14. The van der Waals surface area contributed by atoms with Crippen molar-refractivity contribution < 1.29 is 9.59 Å². The molecule has 0 atom stereocenters. The van der Waals surface area contributed by atoms with E-state index in [0.717, 1.165) is 45.6 Å². The summed E-state index contributed by atoms with van der Waals surface area (Å²) in [6.45, 7) is 8.27. The minimum Gasteiger partial charge on any atom is -0.309 e. The topological polar surface area (TPSA) is 417 Å². The van der Waals surface area contributed by atoms with Crippen LogP contribution >= 0.6 is 69.9 Å². The number of hydrazine groups is 2. The van der Waals surface area contributed by atoms with E-state index in [0.29, 0.717) is 71.1 Å². The predicted octanol–water partition coefficient (Wildman–Crippen LogP) is 9.28. The zero-order chi connectivity index (χ0) is 64.2. The maximum Gasteiger partial charge on any atom is 0.228 e. The molecular weight excluding hydrogens is 1330 g/mol. The highest BCUT2D eigenvalue weighted by Crippen LogP contribution is 2.31. The number of thiocyanates is 1. The zero-order valence-electron chi connectivity index (χ0n) is 46.7. The summed E-state index contributed by atoms with van der Waals surface area (Å²) < 4.78 is 8.10. The number of halogens is 2. The molecule has 11 aromatic rings. The molecule has 0 aliphatic heterocycles. The van der Waals surface area contributed by atoms with E-state index in [4.69, 9.17) is 56.0 Å². The summed E-state index contributed by atoms with van der Waals surface area (Å²) in [4.78, 5) is 40.6. The molecule has 10 aromatic heterocycles. The van der Waals surface area contributed by atoms with Crippen LogP contribution in [0.15, 0.2) is 168 Å². The minimum atomic E-state index is 0.0104. The number of aromatic amines is 1. The molecular formula is C57H49ClIN25O2S3. The van der Waals surface area contributed by atoms with E-state index in [1.54, 1.807) is 91.2 Å². The Morgan fingerprint density at radius 2 is 1.22 bits per heavy atom. The number of anilines is 3. The highest BCUT2D eigenvalue weighted by Gasteiger charge is 2.31. The maximum absolute atomic E-state index is 11.9. The normalized spacial score (nSPS) is 11.2. The van der Waals surface area contributed by atoms with Gasteiger partial charge in [-0.3, -0.25) is 35.2 Å². The van der Waals surface area contributed by atoms with Crippen LogP contribution in [-0.4, -0.2) is 80.2 Å². The van der Waals surface area contributed by atoms with Crippen LogP contribution in [0.25, 0.3) is 22.6 Å². The third-order valence-electron chi connectivity index (χ3n) is 11.3. The zero-order valence-corrected chi connectivity index (χ0v) is 52.0. The molecule has 13 rings (SSSR count). The van der Waals surface area contributed by atoms with E-state index in [2.05, 4.69) is 126 Å². The highest BCUT2D eigenvalue weighted by atomic mass is 127. The third-order valence-corrected chi connectivity index (χ3v) is 13.8. The molecule has 10 heterocycles. The molecule has 2 amide bonds. The smallest absolute Gasteiger partial charge is 0.228 e. The van der Waals surface area contributed by atoms with Gasteiger partial charge in [0.1, 0.15) is 49.4 Å². The monoisotopic (exact) mass is 1370 g/mol. The van der Waals surface area contributed by atoms with Gasteiger partial charge in [-0.05, 0) is 181 Å². The summed E-state index contributed by atoms with van der Waals surface area (Å²) in [6, 6.07) is 36.7. The standard InChI is InChI=1S/C17H12N8OS.C10H9IN4O.C8H7NS.C7H4N4S.C6H3ClN2.C6H6N4.C3H4.H4N2/c18-7-10-1-4-14-21-22-17(24(14)8-10)27-15-6-5-13-19-12(9-25(13)23-15)20-16(26)11-2-3-11;11-7-3-4-9-12-8(5-15(9)14-7)13-10(16)6-1-2-6;1-7-3-2-4-8(5-7)10-6-9;8-3-5-1-2-6-9-10-7(12)11(6)4-5;7-6-2-1-5(3-8)4-9-6;7-3-5-1-2-6(10-8)9-4-5;1-3-2;1-2/h1,4-6,8-9,11H,2-3H2,(H,20,26);3-6H,1-2H2,(H,13,16);2-5H,1H3;1-2,4H,(H,10,12);1-2,4H;1-2,4H,8H2,(H,9,10);1-2H2;1-2H2. The lowest BCUT2D eigenvalue weighted by molar-refractivity contribution is -0.118. The van der Waals surface area contributed by atoms with Gasteiger partial charge in [0, 0.05) is 41.5 Å². The Morgan fingerprint density at radius 3 is 1.75 bits per heavy atom. The number of nitrogens with one attached hydrogen (secondary N) is 4. The van der Waals surface area contributed by atoms with Gasteiger partial charge in [-0.15, -0.1) is 15.9 Å². The molecule has 0 spiro atoms. The van der Waals surface area contributed by atoms with Crippen molar-refractivity contribution in [3.8, 4) is 29.7 Å². The van der Waals surface area contributed by atoms with Crippen LogP contribution in [0.4, 0.5) is 17.5 Å². The Bertz CT molecular complexity index is 4540. The fourth-order valence-corrected chi connectivity index (χ4v) is 8.83. The van der Waals surface area contributed by atoms with E-state index in [1.165, 1.54) is 41.5 Å². The molecule has 1 aromatic carbocycles. The Kier molecular flexibility index (Phi) is 26.3. The second-order valence-electron chi connectivity index (χ2n) is 17.8. The number of hydrogen-bond acceptors (Lipinski definition) is 23. The number of hydrogen-bond donors (Lipinski definition) is 7. The van der Waals surface area contributed by atoms with E-state index < -0.39 is 0 Å². The van der Waals surface area contributed by atoms with E-state index >= 15 is 0 Å². The van der Waals surface area contributed by atoms with Gasteiger partial charge in [-0.1, -0.05) is 36.9 Å². The van der Waals surface area contributed by atoms with Crippen LogP contribution in [0.1, 0.15) is 53.5 Å². The van der Waals surface area contributed by atoms with Crippen LogP contribution in [0, 0.1) is 83.2 Å². The van der Waals surface area contributed by atoms with Crippen molar-refractivity contribution in [2.45, 2.75) is 47.7 Å². The number of aryl methyl sites for hydroxylation is 1. The van der Waals surface area contributed by atoms with Crippen molar-refractivity contribution in [1.82, 2.24) is 68.4 Å². The predicted molar refractivity (Wildman–Crippen MR) is 345 cm³/mol. The van der Waals surface area contributed by atoms with Crippen molar-refractivity contribution in [2.75, 3.05) is 16.1 Å². The molecule has 0 unspecified atom stereocenters. The molecule has 89 heavy (non-hydrogen) atoms. The number of carbonyl (C=O) groups is 2. The third kappa shape index (κ3) is 21.2. The van der Waals surface area contributed by atoms with Crippen molar-refractivity contribution in [1.29, 1.82) is 26.3 Å². The fourth-order valence-electron chi connectivity index (χ4n) is 6.84. The minimum absolute atomic E-state index is 0.0104. The quantitative estimate of drug-likeness (QED) is 0.0109. The summed E-state index contributed by atoms with van der Waals surface area (Å²) in [6.07, 6.45) is 13.5. The first-order valence-electron chi connectivity index (χ1n) is 25.7. The highest BCUT2D eigenvalue weighted by molar-refractivity contribution is 14.1. The SMILES string of the molecule is C=C=C.Cc1cccc(SC#N)c1.N#Cc1ccc(Cl)nc1.N#Cc1ccc(NN)nc1.N#Cc1ccc2n[nH]c(=S)n2c1.N#Cc1ccc2nnc(Sc3ccc4nc(NC(=O)C5CC5)cn4n3)n2c1.NN.O=C(Nc1cn2nc(I)ccc2n1)C1CC1. The molecule has 0 radical (unpaired) electrons. The number of nitriles is 5. The van der Waals surface area contributed by atoms with Gasteiger partial charge in [0.2, 0.25) is 17.0 Å². The van der Waals surface area contributed by atoms with Crippen LogP contribution in [-0.2, 0) is 9.59 Å². The molecule has 32 heteroatoms. The summed E-state index contributed by atoms with van der Waals surface area (Å²) in [5.74, 6) is 15.1. The Balaban J connectivity index is 0.000000177. The average Bonchev–Trinajstić information content (AvgIpc) is 4.06. The van der Waals surface area contributed by atoms with Gasteiger partial charge in [0.05, 0.1) is 34.6 Å². The number of amides is 2. The van der Waals surface area contributed by atoms with Crippen molar-refractivity contribution >= 4 is 122 Å². The average molecular weight is 1370 g/mol. The van der Waals surface area contributed by atoms with Gasteiger partial charge >= 0.3 is 0 Å². The molecule has 0 bridgehead atoms. The van der Waals surface area contributed by atoms with Crippen LogP contribution < -0.4 is 33.6 Å². The number of thioether (sulfide) groups is 1. The van der Waals surface area contributed by atoms with Gasteiger partial charge < -0.3 is 16.1 Å². The maximum atomic E-state index is 11.9. The van der Waals surface area contributed by atoms with Crippen molar-refractivity contribution in [3.63, 3.8) is 0 Å². The van der Waals surface area contributed by atoms with Crippen LogP contribution in [0.5, 0.6) is 0 Å². The van der Waals surface area contributed by atoms with Gasteiger partial charge in [0.15, 0.2) is 39.0 Å². The number of nitrogens with two attached hydrogens (primary N) is 3. The first kappa shape index (κ1) is 67.7. The van der Waals surface area contributed by atoms with E-state index in [9.17, 15) is 9.59 Å². The van der Waals surface area contributed by atoms with Gasteiger partial charge in [-0.2, -0.15) is 41.6 Å². The number of nitrogen functional groups attached to an aromatic ring is 1. The molecule has 10 N–H and O–H groups in total. The lowest BCUT2D eigenvalue weighted by atomic mass is 10.2. The molecule has 446 valence electrons. The number of imidazole rings is 2. The second-order valence-corrected chi connectivity index (χ2v) is 21.5. The molecule has 2 aliphatic carbocycles. The Hall–Kier alpha value is -10.5. The number of carbonyl (C=O) groups excluding carboxylic acids is 2. The fraction of sp³-hybridized carbons (Fsp3) is 0.123. The van der Waals surface area contributed by atoms with Gasteiger partial charge in [-0.25, -0.2) is 34.8 Å². The molecule has 2 fully saturated rings.